The van der Waals surface area contributed by atoms with Gasteiger partial charge in [-0.1, -0.05) is 0 Å². The summed E-state index contributed by atoms with van der Waals surface area (Å²) in [4.78, 5) is 27.3. The molecule has 176 valence electrons. The summed E-state index contributed by atoms with van der Waals surface area (Å²) in [5.74, 6) is -0.0821. The van der Waals surface area contributed by atoms with E-state index in [9.17, 15) is 18.0 Å². The minimum atomic E-state index is -4.75. The lowest BCUT2D eigenvalue weighted by atomic mass is 10.0. The van der Waals surface area contributed by atoms with E-state index in [4.69, 9.17) is 5.73 Å². The number of nitrogens with zero attached hydrogens (tertiary/aromatic N) is 6. The molecule has 2 unspecified atom stereocenters. The summed E-state index contributed by atoms with van der Waals surface area (Å²) in [5.41, 5.74) is 8.24. The summed E-state index contributed by atoms with van der Waals surface area (Å²) in [6.45, 7) is 0.908. The number of halogens is 3. The molecule has 0 saturated carbocycles. The van der Waals surface area contributed by atoms with Crippen molar-refractivity contribution < 1.29 is 22.7 Å². The van der Waals surface area contributed by atoms with Crippen LogP contribution in [-0.4, -0.2) is 44.5 Å². The van der Waals surface area contributed by atoms with Gasteiger partial charge in [0.1, 0.15) is 17.4 Å². The van der Waals surface area contributed by atoms with Crippen LogP contribution in [0.4, 0.5) is 18.9 Å². The summed E-state index contributed by atoms with van der Waals surface area (Å²) in [7, 11) is 0. The van der Waals surface area contributed by atoms with E-state index in [2.05, 4.69) is 30.1 Å². The molecule has 0 aromatic carbocycles. The van der Waals surface area contributed by atoms with E-state index >= 15 is 0 Å². The number of fused-ring (bicyclic) bond motifs is 1. The maximum absolute atomic E-state index is 12.5. The van der Waals surface area contributed by atoms with Crippen LogP contribution >= 0.6 is 0 Å². The standard InChI is InChI=1S/C21H19F3N8O2/c1-11-14-16(25)28-19(32(18(14)29-20(11)33)12-4-2-6-26-10-12)15-13-5-3-7-27-17(13)31(30-15)8-9-34-21(22,23)24/h2-7,10-11,19H,8-9H2,1H3,(H2,25,28)(H,29,33). The lowest BCUT2D eigenvalue weighted by molar-refractivity contribution is -0.325. The Kier molecular flexibility index (Phi) is 5.20. The molecule has 10 nitrogen and oxygen atoms in total. The van der Waals surface area contributed by atoms with Crippen LogP contribution in [-0.2, 0) is 16.1 Å². The average molecular weight is 472 g/mol. The molecule has 3 aromatic heterocycles. The Balaban J connectivity index is 1.62. The van der Waals surface area contributed by atoms with Crippen LogP contribution in [0, 0.1) is 5.92 Å². The molecule has 0 bridgehead atoms. The maximum Gasteiger partial charge on any atom is 0.522 e. The topological polar surface area (TPSA) is 124 Å². The first-order valence-corrected chi connectivity index (χ1v) is 10.3. The largest absolute Gasteiger partial charge is 0.522 e. The predicted molar refractivity (Wildman–Crippen MR) is 115 cm³/mol. The number of hydrogen-bond donors (Lipinski definition) is 2. The van der Waals surface area contributed by atoms with Gasteiger partial charge in [-0.15, -0.1) is 13.2 Å². The first-order chi connectivity index (χ1) is 16.2. The minimum absolute atomic E-state index is 0.179. The molecule has 34 heavy (non-hydrogen) atoms. The number of rotatable bonds is 5. The number of aromatic nitrogens is 4. The summed E-state index contributed by atoms with van der Waals surface area (Å²) < 4.78 is 42.7. The Bertz CT molecular complexity index is 1320. The van der Waals surface area contributed by atoms with Crippen molar-refractivity contribution in [2.24, 2.45) is 16.6 Å². The van der Waals surface area contributed by atoms with Gasteiger partial charge in [0.25, 0.3) is 0 Å². The van der Waals surface area contributed by atoms with E-state index < -0.39 is 25.1 Å². The molecule has 2 aliphatic heterocycles. The third kappa shape index (κ3) is 3.73. The second-order valence-electron chi connectivity index (χ2n) is 7.72. The van der Waals surface area contributed by atoms with Crippen molar-refractivity contribution in [2.75, 3.05) is 11.5 Å². The van der Waals surface area contributed by atoms with Crippen LogP contribution < -0.4 is 16.0 Å². The van der Waals surface area contributed by atoms with E-state index in [0.29, 0.717) is 33.8 Å². The third-order valence-corrected chi connectivity index (χ3v) is 5.62. The number of ether oxygens (including phenoxy) is 1. The Hall–Kier alpha value is -4.00. The van der Waals surface area contributed by atoms with Crippen LogP contribution in [0.1, 0.15) is 18.8 Å². The molecule has 0 aliphatic carbocycles. The van der Waals surface area contributed by atoms with Gasteiger partial charge in [0, 0.05) is 23.4 Å². The smallest absolute Gasteiger partial charge is 0.384 e. The van der Waals surface area contributed by atoms with Crippen LogP contribution in [0.15, 0.2) is 59.2 Å². The molecule has 3 aromatic rings. The van der Waals surface area contributed by atoms with Crippen molar-refractivity contribution in [3.8, 4) is 0 Å². The zero-order chi connectivity index (χ0) is 24.0. The Morgan fingerprint density at radius 2 is 2.03 bits per heavy atom. The lowest BCUT2D eigenvalue weighted by Gasteiger charge is -2.34. The average Bonchev–Trinajstić information content (AvgIpc) is 3.31. The predicted octanol–water partition coefficient (Wildman–Crippen LogP) is 2.22. The number of pyridine rings is 2. The SMILES string of the molecule is CC1C(=O)NC2=C1C(N)=NC(c1nn(CCOC(F)(F)F)c3ncccc13)N2c1cccnc1. The number of amidine groups is 1. The van der Waals surface area contributed by atoms with Crippen LogP contribution in [0.5, 0.6) is 0 Å². The summed E-state index contributed by atoms with van der Waals surface area (Å²) >= 11 is 0. The Labute approximate surface area is 190 Å². The Morgan fingerprint density at radius 1 is 1.24 bits per heavy atom. The van der Waals surface area contributed by atoms with Gasteiger partial charge < -0.3 is 11.1 Å². The molecular weight excluding hydrogens is 453 g/mol. The molecule has 0 radical (unpaired) electrons. The van der Waals surface area contributed by atoms with Crippen molar-refractivity contribution in [1.82, 2.24) is 25.1 Å². The van der Waals surface area contributed by atoms with Gasteiger partial charge in [-0.05, 0) is 31.2 Å². The van der Waals surface area contributed by atoms with Crippen molar-refractivity contribution >= 4 is 28.5 Å². The Morgan fingerprint density at radius 3 is 2.76 bits per heavy atom. The number of alkyl halides is 3. The highest BCUT2D eigenvalue weighted by atomic mass is 19.4. The molecule has 0 spiro atoms. The zero-order valence-corrected chi connectivity index (χ0v) is 17.8. The van der Waals surface area contributed by atoms with Gasteiger partial charge in [-0.25, -0.2) is 14.7 Å². The van der Waals surface area contributed by atoms with Crippen molar-refractivity contribution in [1.29, 1.82) is 0 Å². The molecule has 0 saturated heterocycles. The third-order valence-electron chi connectivity index (χ3n) is 5.62. The van der Waals surface area contributed by atoms with Gasteiger partial charge in [0.2, 0.25) is 5.91 Å². The number of amides is 1. The van der Waals surface area contributed by atoms with Gasteiger partial charge in [0.05, 0.1) is 31.0 Å². The zero-order valence-electron chi connectivity index (χ0n) is 17.8. The van der Waals surface area contributed by atoms with Crippen molar-refractivity contribution in [3.05, 3.63) is 59.9 Å². The fourth-order valence-corrected chi connectivity index (χ4v) is 4.12. The quantitative estimate of drug-likeness (QED) is 0.584. The summed E-state index contributed by atoms with van der Waals surface area (Å²) in [6.07, 6.45) is -0.840. The molecule has 2 aliphatic rings. The van der Waals surface area contributed by atoms with Crippen LogP contribution in [0.2, 0.25) is 0 Å². The summed E-state index contributed by atoms with van der Waals surface area (Å²) in [5, 5.41) is 7.99. The first-order valence-electron chi connectivity index (χ1n) is 10.3. The minimum Gasteiger partial charge on any atom is -0.384 e. The molecule has 5 rings (SSSR count). The fraction of sp³-hybridized carbons (Fsp3) is 0.286. The second-order valence-corrected chi connectivity index (χ2v) is 7.72. The van der Waals surface area contributed by atoms with Gasteiger partial charge in [0.15, 0.2) is 11.8 Å². The highest BCUT2D eigenvalue weighted by Gasteiger charge is 2.42. The highest BCUT2D eigenvalue weighted by Crippen LogP contribution is 2.40. The van der Waals surface area contributed by atoms with Crippen LogP contribution in [0.25, 0.3) is 11.0 Å². The van der Waals surface area contributed by atoms with Crippen molar-refractivity contribution in [3.63, 3.8) is 0 Å². The highest BCUT2D eigenvalue weighted by molar-refractivity contribution is 6.08. The maximum atomic E-state index is 12.5. The van der Waals surface area contributed by atoms with Crippen LogP contribution in [0.3, 0.4) is 0 Å². The molecule has 0 fully saturated rings. The normalized spacial score (nSPS) is 20.5. The summed E-state index contributed by atoms with van der Waals surface area (Å²) in [6, 6.07) is 6.98. The second kappa shape index (κ2) is 8.09. The first kappa shape index (κ1) is 21.8. The molecule has 5 heterocycles. The number of hydrogen-bond acceptors (Lipinski definition) is 8. The number of aliphatic imine (C=N–C) groups is 1. The van der Waals surface area contributed by atoms with Gasteiger partial charge >= 0.3 is 6.36 Å². The molecule has 2 atom stereocenters. The lowest BCUT2D eigenvalue weighted by Crippen LogP contribution is -2.39. The van der Waals surface area contributed by atoms with E-state index in [1.807, 2.05) is 0 Å². The van der Waals surface area contributed by atoms with Gasteiger partial charge in [-0.3, -0.25) is 19.4 Å². The van der Waals surface area contributed by atoms with E-state index in [0.717, 1.165) is 0 Å². The van der Waals surface area contributed by atoms with Crippen molar-refractivity contribution in [2.45, 2.75) is 26.0 Å². The number of carbonyl (C=O) groups is 1. The number of nitrogens with one attached hydrogen (secondary N) is 1. The van der Waals surface area contributed by atoms with E-state index in [1.165, 1.54) is 10.9 Å². The molecule has 1 amide bonds. The van der Waals surface area contributed by atoms with E-state index in [-0.39, 0.29) is 18.3 Å². The number of nitrogens with two attached hydrogens (primary N) is 1. The molecule has 13 heteroatoms. The fourth-order valence-electron chi connectivity index (χ4n) is 4.12. The van der Waals surface area contributed by atoms with Gasteiger partial charge in [-0.2, -0.15) is 5.10 Å². The molecule has 3 N–H and O–H groups in total. The number of carbonyl (C=O) groups excluding carboxylic acids is 1. The molecular formula is C21H19F3N8O2. The number of anilines is 1. The monoisotopic (exact) mass is 472 g/mol. The van der Waals surface area contributed by atoms with E-state index in [1.54, 1.807) is 48.5 Å².